The van der Waals surface area contributed by atoms with Gasteiger partial charge in [-0.1, -0.05) is 0 Å². The normalized spacial score (nSPS) is 20.8. The monoisotopic (exact) mass is 200 g/mol. The van der Waals surface area contributed by atoms with Crippen LogP contribution in [0.4, 0.5) is 0 Å². The highest BCUT2D eigenvalue weighted by atomic mass is 16.5. The first-order valence-electron chi connectivity index (χ1n) is 5.71. The molecule has 0 aromatic carbocycles. The summed E-state index contributed by atoms with van der Waals surface area (Å²) in [6, 6.07) is 0. The van der Waals surface area contributed by atoms with Gasteiger partial charge in [0.05, 0.1) is 5.60 Å². The fourth-order valence-electron chi connectivity index (χ4n) is 2.03. The zero-order chi connectivity index (χ0) is 10.4. The summed E-state index contributed by atoms with van der Waals surface area (Å²) in [4.78, 5) is 2.50. The van der Waals surface area contributed by atoms with Crippen molar-refractivity contribution in [2.24, 2.45) is 0 Å². The molecule has 1 aliphatic rings. The van der Waals surface area contributed by atoms with E-state index < -0.39 is 0 Å². The van der Waals surface area contributed by atoms with Gasteiger partial charge in [0.2, 0.25) is 0 Å². The van der Waals surface area contributed by atoms with Gasteiger partial charge in [-0.05, 0) is 40.3 Å². The molecule has 0 aromatic heterocycles. The summed E-state index contributed by atoms with van der Waals surface area (Å²) in [7, 11) is 0. The van der Waals surface area contributed by atoms with Crippen molar-refractivity contribution in [3.63, 3.8) is 0 Å². The first-order valence-corrected chi connectivity index (χ1v) is 5.71. The second-order valence-electron chi connectivity index (χ2n) is 4.57. The molecular weight excluding hydrogens is 176 g/mol. The van der Waals surface area contributed by atoms with Crippen molar-refractivity contribution >= 4 is 0 Å². The molecule has 1 saturated heterocycles. The van der Waals surface area contributed by atoms with Crippen LogP contribution in [0.1, 0.15) is 27.2 Å². The average Bonchev–Trinajstić information content (AvgIpc) is 2.31. The molecule has 1 rings (SSSR count). The molecule has 0 aromatic rings. The van der Waals surface area contributed by atoms with Crippen LogP contribution in [0.25, 0.3) is 0 Å². The summed E-state index contributed by atoms with van der Waals surface area (Å²) < 4.78 is 5.71. The highest BCUT2D eigenvalue weighted by molar-refractivity contribution is 4.76. The number of hydrogen-bond acceptors (Lipinski definition) is 3. The summed E-state index contributed by atoms with van der Waals surface area (Å²) in [6.07, 6.45) is 1.25. The second-order valence-corrected chi connectivity index (χ2v) is 4.57. The Balaban J connectivity index is 2.33. The van der Waals surface area contributed by atoms with E-state index in [4.69, 9.17) is 4.74 Å². The van der Waals surface area contributed by atoms with Gasteiger partial charge in [0.15, 0.2) is 0 Å². The Kier molecular flexibility index (Phi) is 4.85. The Labute approximate surface area is 87.8 Å². The van der Waals surface area contributed by atoms with Gasteiger partial charge in [0.25, 0.3) is 0 Å². The third-order valence-electron chi connectivity index (χ3n) is 2.57. The highest BCUT2D eigenvalue weighted by Gasteiger charge is 2.22. The van der Waals surface area contributed by atoms with Crippen LogP contribution in [-0.2, 0) is 4.74 Å². The Bertz CT molecular complexity index is 151. The maximum absolute atomic E-state index is 5.71. The molecule has 0 amide bonds. The van der Waals surface area contributed by atoms with Crippen molar-refractivity contribution < 1.29 is 4.74 Å². The van der Waals surface area contributed by atoms with Gasteiger partial charge >= 0.3 is 0 Å². The van der Waals surface area contributed by atoms with Crippen LogP contribution in [-0.4, -0.2) is 49.8 Å². The van der Waals surface area contributed by atoms with Gasteiger partial charge in [0, 0.05) is 26.2 Å². The van der Waals surface area contributed by atoms with Crippen molar-refractivity contribution in [2.75, 3.05) is 39.3 Å². The van der Waals surface area contributed by atoms with Crippen LogP contribution in [0.2, 0.25) is 0 Å². The Morgan fingerprint density at radius 1 is 1.29 bits per heavy atom. The molecule has 1 fully saturated rings. The number of ether oxygens (including phenoxy) is 1. The van der Waals surface area contributed by atoms with Gasteiger partial charge in [0.1, 0.15) is 0 Å². The van der Waals surface area contributed by atoms with Crippen molar-refractivity contribution in [1.29, 1.82) is 0 Å². The van der Waals surface area contributed by atoms with E-state index in [0.29, 0.717) is 0 Å². The lowest BCUT2D eigenvalue weighted by Gasteiger charge is -2.31. The molecule has 0 radical (unpaired) electrons. The maximum atomic E-state index is 5.71. The Hall–Kier alpha value is -0.120. The number of nitrogens with zero attached hydrogens (tertiary/aromatic N) is 1. The SMILES string of the molecule is CCOC(C)(C)CN1CCCNCC1. The molecule has 0 saturated carbocycles. The number of hydrogen-bond donors (Lipinski definition) is 1. The van der Waals surface area contributed by atoms with Gasteiger partial charge < -0.3 is 10.1 Å². The van der Waals surface area contributed by atoms with E-state index in [9.17, 15) is 0 Å². The van der Waals surface area contributed by atoms with Crippen molar-refractivity contribution in [3.8, 4) is 0 Å². The molecule has 0 spiro atoms. The van der Waals surface area contributed by atoms with Crippen LogP contribution in [0.3, 0.4) is 0 Å². The van der Waals surface area contributed by atoms with Gasteiger partial charge in [-0.3, -0.25) is 4.90 Å². The van der Waals surface area contributed by atoms with E-state index in [1.165, 1.54) is 13.0 Å². The highest BCUT2D eigenvalue weighted by Crippen LogP contribution is 2.12. The molecule has 0 atom stereocenters. The quantitative estimate of drug-likeness (QED) is 0.735. The summed E-state index contributed by atoms with van der Waals surface area (Å²) in [5.41, 5.74) is -0.000903. The second kappa shape index (κ2) is 5.69. The summed E-state index contributed by atoms with van der Waals surface area (Å²) in [5.74, 6) is 0. The van der Waals surface area contributed by atoms with Gasteiger partial charge in [-0.15, -0.1) is 0 Å². The van der Waals surface area contributed by atoms with Crippen LogP contribution in [0.15, 0.2) is 0 Å². The van der Waals surface area contributed by atoms with E-state index >= 15 is 0 Å². The molecular formula is C11H24N2O. The zero-order valence-electron chi connectivity index (χ0n) is 9.81. The third kappa shape index (κ3) is 4.40. The van der Waals surface area contributed by atoms with Crippen molar-refractivity contribution in [2.45, 2.75) is 32.8 Å². The van der Waals surface area contributed by atoms with E-state index in [1.807, 2.05) is 0 Å². The fourth-order valence-corrected chi connectivity index (χ4v) is 2.03. The molecule has 0 bridgehead atoms. The Morgan fingerprint density at radius 2 is 2.07 bits per heavy atom. The molecule has 3 heteroatoms. The predicted molar refractivity (Wildman–Crippen MR) is 59.6 cm³/mol. The number of nitrogens with one attached hydrogen (secondary N) is 1. The van der Waals surface area contributed by atoms with E-state index in [2.05, 4.69) is 31.0 Å². The maximum Gasteiger partial charge on any atom is 0.0752 e. The molecule has 0 aliphatic carbocycles. The summed E-state index contributed by atoms with van der Waals surface area (Å²) >= 11 is 0. The van der Waals surface area contributed by atoms with E-state index in [1.54, 1.807) is 0 Å². The molecule has 0 unspecified atom stereocenters. The molecule has 1 N–H and O–H groups in total. The van der Waals surface area contributed by atoms with Crippen LogP contribution < -0.4 is 5.32 Å². The Morgan fingerprint density at radius 3 is 2.79 bits per heavy atom. The minimum atomic E-state index is -0.000903. The first-order chi connectivity index (χ1) is 6.64. The predicted octanol–water partition coefficient (Wildman–Crippen LogP) is 1.10. The largest absolute Gasteiger partial charge is 0.375 e. The zero-order valence-corrected chi connectivity index (χ0v) is 9.81. The number of rotatable bonds is 4. The smallest absolute Gasteiger partial charge is 0.0752 e. The average molecular weight is 200 g/mol. The first kappa shape index (κ1) is 12.0. The molecule has 1 heterocycles. The van der Waals surface area contributed by atoms with E-state index in [0.717, 1.165) is 32.8 Å². The lowest BCUT2D eigenvalue weighted by molar-refractivity contribution is -0.0330. The van der Waals surface area contributed by atoms with E-state index in [-0.39, 0.29) is 5.60 Å². The van der Waals surface area contributed by atoms with Crippen molar-refractivity contribution in [1.82, 2.24) is 10.2 Å². The third-order valence-corrected chi connectivity index (χ3v) is 2.57. The van der Waals surface area contributed by atoms with Gasteiger partial charge in [-0.25, -0.2) is 0 Å². The van der Waals surface area contributed by atoms with Crippen molar-refractivity contribution in [3.05, 3.63) is 0 Å². The van der Waals surface area contributed by atoms with Crippen LogP contribution in [0.5, 0.6) is 0 Å². The minimum absolute atomic E-state index is 0.000903. The topological polar surface area (TPSA) is 24.5 Å². The molecule has 14 heavy (non-hydrogen) atoms. The van der Waals surface area contributed by atoms with Crippen LogP contribution >= 0.6 is 0 Å². The van der Waals surface area contributed by atoms with Gasteiger partial charge in [-0.2, -0.15) is 0 Å². The fraction of sp³-hybridized carbons (Fsp3) is 1.00. The lowest BCUT2D eigenvalue weighted by atomic mass is 10.1. The molecule has 1 aliphatic heterocycles. The molecule has 3 nitrogen and oxygen atoms in total. The molecule has 84 valence electrons. The summed E-state index contributed by atoms with van der Waals surface area (Å²) in [6.45, 7) is 12.9. The van der Waals surface area contributed by atoms with Crippen LogP contribution in [0, 0.1) is 0 Å². The minimum Gasteiger partial charge on any atom is -0.375 e. The lowest BCUT2D eigenvalue weighted by Crippen LogP contribution is -2.42. The standard InChI is InChI=1S/C11H24N2O/c1-4-14-11(2,3)10-13-8-5-6-12-7-9-13/h12H,4-10H2,1-3H3. The summed E-state index contributed by atoms with van der Waals surface area (Å²) in [5, 5.41) is 3.41.